The van der Waals surface area contributed by atoms with Gasteiger partial charge in [-0.25, -0.2) is 15.0 Å². The highest BCUT2D eigenvalue weighted by Crippen LogP contribution is 2.27. The highest BCUT2D eigenvalue weighted by Gasteiger charge is 2.31. The molecule has 18 heavy (non-hydrogen) atoms. The second-order valence-electron chi connectivity index (χ2n) is 4.26. The maximum Gasteiger partial charge on any atom is 0.406 e. The zero-order valence-corrected chi connectivity index (χ0v) is 9.86. The minimum Gasteiger partial charge on any atom is -0.369 e. The van der Waals surface area contributed by atoms with E-state index in [1.165, 1.54) is 6.20 Å². The molecule has 2 aliphatic heterocycles. The molecule has 5 nitrogen and oxygen atoms in total. The van der Waals surface area contributed by atoms with Crippen LogP contribution in [0.3, 0.4) is 0 Å². The summed E-state index contributed by atoms with van der Waals surface area (Å²) in [4.78, 5) is 11.9. The van der Waals surface area contributed by atoms with Crippen LogP contribution in [0.2, 0.25) is 0 Å². The third-order valence-corrected chi connectivity index (χ3v) is 2.39. The van der Waals surface area contributed by atoms with E-state index in [0.29, 0.717) is 11.5 Å². The number of aromatic nitrogens is 4. The van der Waals surface area contributed by atoms with E-state index in [4.69, 9.17) is 5.73 Å². The van der Waals surface area contributed by atoms with E-state index in [-0.39, 0.29) is 17.7 Å². The quantitative estimate of drug-likeness (QED) is 0.896. The van der Waals surface area contributed by atoms with Crippen molar-refractivity contribution in [3.8, 4) is 11.5 Å². The third kappa shape index (κ3) is 2.36. The van der Waals surface area contributed by atoms with Crippen molar-refractivity contribution in [3.05, 3.63) is 12.0 Å². The monoisotopic (exact) mass is 259 g/mol. The standard InChI is InChI=1S/C10H12F3N5/c1-5(2)7-16-6-3-15-9(14)18(8(6)17-7)4-10(11,12)13/h3,5H,4H2,1-2H3,(H2,14,15). The van der Waals surface area contributed by atoms with Gasteiger partial charge in [0.15, 0.2) is 5.82 Å². The number of halogens is 3. The number of nitrogens with two attached hydrogens (primary N) is 1. The summed E-state index contributed by atoms with van der Waals surface area (Å²) in [7, 11) is 0. The van der Waals surface area contributed by atoms with Crippen LogP contribution >= 0.6 is 0 Å². The second-order valence-corrected chi connectivity index (χ2v) is 4.26. The largest absolute Gasteiger partial charge is 0.406 e. The van der Waals surface area contributed by atoms with E-state index in [2.05, 4.69) is 15.0 Å². The van der Waals surface area contributed by atoms with Gasteiger partial charge in [-0.05, 0) is 0 Å². The molecule has 0 unspecified atom stereocenters. The highest BCUT2D eigenvalue weighted by atomic mass is 19.4. The van der Waals surface area contributed by atoms with Crippen LogP contribution in [0.15, 0.2) is 6.20 Å². The molecule has 0 bridgehead atoms. The van der Waals surface area contributed by atoms with Crippen molar-refractivity contribution in [1.82, 2.24) is 19.5 Å². The molecule has 0 amide bonds. The first-order valence-corrected chi connectivity index (χ1v) is 5.33. The molecule has 2 N–H and O–H groups in total. The van der Waals surface area contributed by atoms with Crippen molar-refractivity contribution < 1.29 is 13.2 Å². The van der Waals surface area contributed by atoms with Crippen molar-refractivity contribution in [2.24, 2.45) is 0 Å². The maximum atomic E-state index is 12.5. The van der Waals surface area contributed by atoms with Crippen LogP contribution < -0.4 is 5.73 Å². The normalized spacial score (nSPS) is 12.6. The van der Waals surface area contributed by atoms with Gasteiger partial charge in [-0.3, -0.25) is 4.57 Å². The van der Waals surface area contributed by atoms with Crippen LogP contribution in [0, 0.1) is 0 Å². The number of nitrogens with zero attached hydrogens (tertiary/aromatic N) is 4. The molecule has 98 valence electrons. The molecule has 0 saturated carbocycles. The lowest BCUT2D eigenvalue weighted by Crippen LogP contribution is -2.22. The van der Waals surface area contributed by atoms with Gasteiger partial charge >= 0.3 is 6.18 Å². The minimum absolute atomic E-state index is 0.0259. The summed E-state index contributed by atoms with van der Waals surface area (Å²) in [5.41, 5.74) is 5.78. The Morgan fingerprint density at radius 1 is 1.33 bits per heavy atom. The molecule has 0 aliphatic carbocycles. The molecular weight excluding hydrogens is 247 g/mol. The molecule has 0 saturated heterocycles. The SMILES string of the molecule is CC(C)c1nc2cnc(N)n(CC(F)(F)F)c-2n1. The Balaban J connectivity index is 2.54. The van der Waals surface area contributed by atoms with Crippen LogP contribution in [-0.4, -0.2) is 25.7 Å². The number of fused-ring (bicyclic) bond motifs is 1. The molecule has 0 radical (unpaired) electrons. The Morgan fingerprint density at radius 3 is 2.56 bits per heavy atom. The van der Waals surface area contributed by atoms with E-state index in [9.17, 15) is 13.2 Å². The Kier molecular flexibility index (Phi) is 2.88. The van der Waals surface area contributed by atoms with Gasteiger partial charge in [-0.1, -0.05) is 13.8 Å². The summed E-state index contributed by atoms with van der Waals surface area (Å²) in [5, 5.41) is 0. The zero-order valence-electron chi connectivity index (χ0n) is 9.86. The van der Waals surface area contributed by atoms with Crippen LogP contribution in [-0.2, 0) is 6.54 Å². The lowest BCUT2D eigenvalue weighted by Gasteiger charge is -2.14. The molecule has 2 aliphatic rings. The predicted octanol–water partition coefficient (Wildman–Crippen LogP) is 2.05. The number of nitrogen functional groups attached to an aromatic ring is 1. The summed E-state index contributed by atoms with van der Waals surface area (Å²) in [6.45, 7) is 2.50. The number of rotatable bonds is 2. The van der Waals surface area contributed by atoms with Crippen molar-refractivity contribution >= 4 is 5.95 Å². The summed E-state index contributed by atoms with van der Waals surface area (Å²) in [6, 6.07) is 0. The summed E-state index contributed by atoms with van der Waals surface area (Å²) in [6.07, 6.45) is -3.05. The Hall–Kier alpha value is -1.86. The molecule has 0 aromatic heterocycles. The first-order valence-electron chi connectivity index (χ1n) is 5.33. The van der Waals surface area contributed by atoms with Gasteiger partial charge in [0.05, 0.1) is 6.20 Å². The number of hydrogen-bond donors (Lipinski definition) is 1. The topological polar surface area (TPSA) is 69.6 Å². The second kappa shape index (κ2) is 4.11. The molecule has 0 atom stereocenters. The zero-order chi connectivity index (χ0) is 13.5. The van der Waals surface area contributed by atoms with Gasteiger partial charge < -0.3 is 5.73 Å². The molecule has 0 aromatic rings. The third-order valence-electron chi connectivity index (χ3n) is 2.39. The lowest BCUT2D eigenvalue weighted by molar-refractivity contribution is -0.140. The van der Waals surface area contributed by atoms with Crippen molar-refractivity contribution in [3.63, 3.8) is 0 Å². The fraction of sp³-hybridized carbons (Fsp3) is 0.500. The molecular formula is C10H12F3N5. The van der Waals surface area contributed by atoms with Crippen LogP contribution in [0.4, 0.5) is 19.1 Å². The average molecular weight is 259 g/mol. The van der Waals surface area contributed by atoms with Gasteiger partial charge in [0.25, 0.3) is 0 Å². The molecule has 0 spiro atoms. The van der Waals surface area contributed by atoms with Gasteiger partial charge in [0.2, 0.25) is 5.95 Å². The number of imidazole rings is 1. The van der Waals surface area contributed by atoms with E-state index >= 15 is 0 Å². The van der Waals surface area contributed by atoms with Crippen LogP contribution in [0.5, 0.6) is 0 Å². The molecule has 0 aromatic carbocycles. The number of hydrogen-bond acceptors (Lipinski definition) is 4. The van der Waals surface area contributed by atoms with E-state index in [1.807, 2.05) is 13.8 Å². The predicted molar refractivity (Wildman–Crippen MR) is 59.0 cm³/mol. The molecule has 2 rings (SSSR count). The summed E-state index contributed by atoms with van der Waals surface area (Å²) in [5.74, 6) is 0.393. The van der Waals surface area contributed by atoms with E-state index < -0.39 is 12.7 Å². The van der Waals surface area contributed by atoms with Crippen molar-refractivity contribution in [2.45, 2.75) is 32.5 Å². The van der Waals surface area contributed by atoms with Crippen LogP contribution in [0.25, 0.3) is 11.5 Å². The van der Waals surface area contributed by atoms with Gasteiger partial charge in [0, 0.05) is 5.92 Å². The maximum absolute atomic E-state index is 12.5. The lowest BCUT2D eigenvalue weighted by atomic mass is 10.2. The van der Waals surface area contributed by atoms with E-state index in [1.54, 1.807) is 0 Å². The smallest absolute Gasteiger partial charge is 0.369 e. The summed E-state index contributed by atoms with van der Waals surface area (Å²) < 4.78 is 38.2. The average Bonchev–Trinajstić information content (AvgIpc) is 2.65. The molecule has 2 heterocycles. The van der Waals surface area contributed by atoms with Gasteiger partial charge in [-0.2, -0.15) is 13.2 Å². The first kappa shape index (κ1) is 12.6. The van der Waals surface area contributed by atoms with E-state index in [0.717, 1.165) is 4.57 Å². The van der Waals surface area contributed by atoms with Crippen molar-refractivity contribution in [1.29, 1.82) is 0 Å². The first-order chi connectivity index (χ1) is 8.28. The Morgan fingerprint density at radius 2 is 2.00 bits per heavy atom. The van der Waals surface area contributed by atoms with Gasteiger partial charge in [0.1, 0.15) is 18.1 Å². The van der Waals surface area contributed by atoms with Gasteiger partial charge in [-0.15, -0.1) is 0 Å². The fourth-order valence-electron chi connectivity index (χ4n) is 1.55. The number of alkyl halides is 3. The van der Waals surface area contributed by atoms with Crippen molar-refractivity contribution in [2.75, 3.05) is 5.73 Å². The minimum atomic E-state index is -4.38. The Bertz CT molecular complexity index is 531. The summed E-state index contributed by atoms with van der Waals surface area (Å²) >= 11 is 0. The Labute approximate surface area is 101 Å². The molecule has 8 heteroatoms. The fourth-order valence-corrected chi connectivity index (χ4v) is 1.55. The molecule has 0 fully saturated rings. The van der Waals surface area contributed by atoms with Crippen LogP contribution in [0.1, 0.15) is 25.6 Å². The highest BCUT2D eigenvalue weighted by molar-refractivity contribution is 5.53. The number of anilines is 1.